The maximum absolute atomic E-state index is 8.64. The number of ether oxygens (including phenoxy) is 1. The fourth-order valence-corrected chi connectivity index (χ4v) is 1.56. The van der Waals surface area contributed by atoms with Crippen LogP contribution >= 0.6 is 0 Å². The lowest BCUT2D eigenvalue weighted by molar-refractivity contribution is -0.0518. The molecule has 11 heavy (non-hydrogen) atoms. The van der Waals surface area contributed by atoms with Crippen molar-refractivity contribution in [2.45, 2.75) is 45.3 Å². The summed E-state index contributed by atoms with van der Waals surface area (Å²) in [6.45, 7) is 7.81. The predicted octanol–water partition coefficient (Wildman–Crippen LogP) is 1.79. The van der Waals surface area contributed by atoms with Crippen molar-refractivity contribution in [3.05, 3.63) is 0 Å². The van der Waals surface area contributed by atoms with E-state index in [0.717, 1.165) is 5.71 Å². The molecule has 1 rings (SSSR count). The van der Waals surface area contributed by atoms with Gasteiger partial charge in [-0.25, -0.2) is 0 Å². The molecule has 3 heteroatoms. The molecule has 0 amide bonds. The average Bonchev–Trinajstić information content (AvgIpc) is 1.99. The van der Waals surface area contributed by atoms with Gasteiger partial charge in [0.2, 0.25) is 0 Å². The normalized spacial score (nSPS) is 31.1. The van der Waals surface area contributed by atoms with E-state index in [9.17, 15) is 0 Å². The van der Waals surface area contributed by atoms with E-state index in [4.69, 9.17) is 9.94 Å². The number of oxime groups is 1. The molecule has 1 saturated heterocycles. The summed E-state index contributed by atoms with van der Waals surface area (Å²) in [7, 11) is 0. The van der Waals surface area contributed by atoms with Gasteiger partial charge >= 0.3 is 0 Å². The standard InChI is InChI=1S/C8H15NO2/c1-7(2)5-6(9-10)8(3,4)11-7/h10H,5H2,1-4H3/b9-6-. The van der Waals surface area contributed by atoms with Crippen molar-refractivity contribution in [3.8, 4) is 0 Å². The van der Waals surface area contributed by atoms with Gasteiger partial charge in [-0.2, -0.15) is 0 Å². The van der Waals surface area contributed by atoms with Crippen molar-refractivity contribution in [3.63, 3.8) is 0 Å². The third-order valence-corrected chi connectivity index (χ3v) is 1.94. The molecule has 0 saturated carbocycles. The van der Waals surface area contributed by atoms with Crippen LogP contribution in [-0.4, -0.2) is 22.1 Å². The molecule has 0 aliphatic carbocycles. The van der Waals surface area contributed by atoms with Gasteiger partial charge in [-0.3, -0.25) is 0 Å². The zero-order valence-electron chi connectivity index (χ0n) is 7.51. The molecular formula is C8H15NO2. The van der Waals surface area contributed by atoms with Crippen LogP contribution in [0.5, 0.6) is 0 Å². The molecule has 1 aliphatic heterocycles. The van der Waals surface area contributed by atoms with Gasteiger partial charge in [0.25, 0.3) is 0 Å². The minimum atomic E-state index is -0.405. The highest BCUT2D eigenvalue weighted by atomic mass is 16.5. The molecule has 0 atom stereocenters. The average molecular weight is 157 g/mol. The highest BCUT2D eigenvalue weighted by Crippen LogP contribution is 2.34. The summed E-state index contributed by atoms with van der Waals surface area (Å²) < 4.78 is 5.65. The van der Waals surface area contributed by atoms with Gasteiger partial charge < -0.3 is 9.94 Å². The molecule has 0 aromatic heterocycles. The van der Waals surface area contributed by atoms with Crippen LogP contribution in [0, 0.1) is 0 Å². The van der Waals surface area contributed by atoms with Crippen LogP contribution in [0.4, 0.5) is 0 Å². The van der Waals surface area contributed by atoms with Crippen molar-refractivity contribution < 1.29 is 9.94 Å². The summed E-state index contributed by atoms with van der Waals surface area (Å²) >= 11 is 0. The van der Waals surface area contributed by atoms with Gasteiger partial charge in [-0.05, 0) is 27.7 Å². The van der Waals surface area contributed by atoms with E-state index in [1.807, 2.05) is 27.7 Å². The molecule has 0 spiro atoms. The zero-order valence-corrected chi connectivity index (χ0v) is 7.51. The molecule has 0 radical (unpaired) electrons. The Morgan fingerprint density at radius 3 is 2.09 bits per heavy atom. The summed E-state index contributed by atoms with van der Waals surface area (Å²) in [6.07, 6.45) is 0.705. The van der Waals surface area contributed by atoms with E-state index < -0.39 is 5.60 Å². The SMILES string of the molecule is CC1(C)C/C(=N/O)C(C)(C)O1. The van der Waals surface area contributed by atoms with E-state index in [0.29, 0.717) is 6.42 Å². The first-order valence-corrected chi connectivity index (χ1v) is 3.79. The summed E-state index contributed by atoms with van der Waals surface area (Å²) in [5, 5.41) is 11.9. The minimum absolute atomic E-state index is 0.189. The molecule has 0 aromatic rings. The molecule has 0 bridgehead atoms. The Bertz CT molecular complexity index is 194. The largest absolute Gasteiger partial charge is 0.411 e. The van der Waals surface area contributed by atoms with E-state index in [1.165, 1.54) is 0 Å². The van der Waals surface area contributed by atoms with E-state index in [1.54, 1.807) is 0 Å². The van der Waals surface area contributed by atoms with Crippen molar-refractivity contribution in [2.24, 2.45) is 5.16 Å². The highest BCUT2D eigenvalue weighted by Gasteiger charge is 2.43. The summed E-state index contributed by atoms with van der Waals surface area (Å²) in [6, 6.07) is 0. The van der Waals surface area contributed by atoms with Gasteiger partial charge in [-0.1, -0.05) is 5.16 Å². The Labute approximate surface area is 67.0 Å². The van der Waals surface area contributed by atoms with Crippen molar-refractivity contribution in [2.75, 3.05) is 0 Å². The molecule has 1 fully saturated rings. The molecule has 64 valence electrons. The quantitative estimate of drug-likeness (QED) is 0.430. The second-order valence-electron chi connectivity index (χ2n) is 4.10. The van der Waals surface area contributed by atoms with Crippen LogP contribution in [0.25, 0.3) is 0 Å². The van der Waals surface area contributed by atoms with Crippen LogP contribution in [-0.2, 0) is 4.74 Å². The molecule has 1 heterocycles. The molecule has 1 aliphatic rings. The predicted molar refractivity (Wildman–Crippen MR) is 43.1 cm³/mol. The lowest BCUT2D eigenvalue weighted by Crippen LogP contribution is -2.29. The number of nitrogens with zero attached hydrogens (tertiary/aromatic N) is 1. The van der Waals surface area contributed by atoms with E-state index in [2.05, 4.69) is 5.16 Å². The van der Waals surface area contributed by atoms with Crippen molar-refractivity contribution >= 4 is 5.71 Å². The lowest BCUT2D eigenvalue weighted by atomic mass is 9.98. The maximum Gasteiger partial charge on any atom is 0.105 e. The van der Waals surface area contributed by atoms with Gasteiger partial charge in [0.1, 0.15) is 5.60 Å². The summed E-state index contributed by atoms with van der Waals surface area (Å²) in [5.41, 5.74) is 0.131. The first-order chi connectivity index (χ1) is 4.87. The van der Waals surface area contributed by atoms with Gasteiger partial charge in [0, 0.05) is 6.42 Å². The summed E-state index contributed by atoms with van der Waals surface area (Å²) in [5.74, 6) is 0. The second-order valence-corrected chi connectivity index (χ2v) is 4.10. The summed E-state index contributed by atoms with van der Waals surface area (Å²) in [4.78, 5) is 0. The third kappa shape index (κ3) is 1.53. The Morgan fingerprint density at radius 2 is 1.91 bits per heavy atom. The number of rotatable bonds is 0. The van der Waals surface area contributed by atoms with Gasteiger partial charge in [0.15, 0.2) is 0 Å². The van der Waals surface area contributed by atoms with Crippen molar-refractivity contribution in [1.82, 2.24) is 0 Å². The molecule has 0 unspecified atom stereocenters. The molecule has 0 aromatic carbocycles. The monoisotopic (exact) mass is 157 g/mol. The van der Waals surface area contributed by atoms with Crippen LogP contribution in [0.3, 0.4) is 0 Å². The molecule has 3 nitrogen and oxygen atoms in total. The molecule has 1 N–H and O–H groups in total. The van der Waals surface area contributed by atoms with Crippen LogP contribution in [0.2, 0.25) is 0 Å². The first-order valence-electron chi connectivity index (χ1n) is 3.79. The highest BCUT2D eigenvalue weighted by molar-refractivity contribution is 5.93. The lowest BCUT2D eigenvalue weighted by Gasteiger charge is -2.22. The van der Waals surface area contributed by atoms with E-state index in [-0.39, 0.29) is 5.60 Å². The Balaban J connectivity index is 2.89. The third-order valence-electron chi connectivity index (χ3n) is 1.94. The van der Waals surface area contributed by atoms with Crippen LogP contribution in [0.15, 0.2) is 5.16 Å². The van der Waals surface area contributed by atoms with Crippen LogP contribution in [0.1, 0.15) is 34.1 Å². The first kappa shape index (κ1) is 8.53. The van der Waals surface area contributed by atoms with Gasteiger partial charge in [0.05, 0.1) is 11.3 Å². The maximum atomic E-state index is 8.64. The van der Waals surface area contributed by atoms with Gasteiger partial charge in [-0.15, -0.1) is 0 Å². The number of hydrogen-bond acceptors (Lipinski definition) is 3. The molecular weight excluding hydrogens is 142 g/mol. The van der Waals surface area contributed by atoms with Crippen molar-refractivity contribution in [1.29, 1.82) is 0 Å². The number of hydrogen-bond donors (Lipinski definition) is 1. The fourth-order valence-electron chi connectivity index (χ4n) is 1.56. The minimum Gasteiger partial charge on any atom is -0.411 e. The zero-order chi connectivity index (χ0) is 8.70. The second kappa shape index (κ2) is 2.21. The smallest absolute Gasteiger partial charge is 0.105 e. The Kier molecular flexibility index (Phi) is 1.71. The van der Waals surface area contributed by atoms with Crippen LogP contribution < -0.4 is 0 Å². The Hall–Kier alpha value is -0.570. The van der Waals surface area contributed by atoms with E-state index >= 15 is 0 Å². The fraction of sp³-hybridized carbons (Fsp3) is 0.875. The topological polar surface area (TPSA) is 41.8 Å². The Morgan fingerprint density at radius 1 is 1.36 bits per heavy atom.